The van der Waals surface area contributed by atoms with Gasteiger partial charge >= 0.3 is 0 Å². The lowest BCUT2D eigenvalue weighted by Gasteiger charge is -2.22. The van der Waals surface area contributed by atoms with Gasteiger partial charge in [-0.1, -0.05) is 23.8 Å². The third kappa shape index (κ3) is 4.88. The Morgan fingerprint density at radius 2 is 1.63 bits per heavy atom. The minimum absolute atomic E-state index is 0.170. The normalized spacial score (nSPS) is 15.5. The van der Waals surface area contributed by atoms with Crippen molar-refractivity contribution in [3.63, 3.8) is 0 Å². The Hall–Kier alpha value is -2.71. The molecule has 2 aromatic rings. The molecule has 7 nitrogen and oxygen atoms in total. The third-order valence-electron chi connectivity index (χ3n) is 5.20. The largest absolute Gasteiger partial charge is 0.337 e. The van der Waals surface area contributed by atoms with E-state index in [2.05, 4.69) is 5.32 Å². The molecule has 0 aliphatic carbocycles. The molecule has 1 fully saturated rings. The van der Waals surface area contributed by atoms with Crippen molar-refractivity contribution < 1.29 is 18.0 Å². The first-order valence-electron chi connectivity index (χ1n) is 9.93. The van der Waals surface area contributed by atoms with Crippen LogP contribution in [0.2, 0.25) is 0 Å². The Balaban J connectivity index is 1.74. The predicted molar refractivity (Wildman–Crippen MR) is 116 cm³/mol. The van der Waals surface area contributed by atoms with Gasteiger partial charge in [-0.3, -0.25) is 9.59 Å². The van der Waals surface area contributed by atoms with Crippen molar-refractivity contribution in [2.45, 2.75) is 32.1 Å². The molecule has 0 aromatic heterocycles. The van der Waals surface area contributed by atoms with Crippen LogP contribution in [0.15, 0.2) is 47.4 Å². The zero-order chi connectivity index (χ0) is 21.9. The molecule has 0 bridgehead atoms. The summed E-state index contributed by atoms with van der Waals surface area (Å²) >= 11 is 0. The molecule has 2 aromatic carbocycles. The Bertz CT molecular complexity index is 1050. The van der Waals surface area contributed by atoms with E-state index in [1.165, 1.54) is 11.2 Å². The van der Waals surface area contributed by atoms with Crippen molar-refractivity contribution >= 4 is 27.5 Å². The van der Waals surface area contributed by atoms with Crippen LogP contribution in [0.1, 0.15) is 34.8 Å². The molecular formula is C22H27N3O4S. The van der Waals surface area contributed by atoms with Gasteiger partial charge in [0.25, 0.3) is 5.91 Å². The first-order chi connectivity index (χ1) is 14.2. The van der Waals surface area contributed by atoms with Gasteiger partial charge in [-0.15, -0.1) is 0 Å². The molecule has 1 aliphatic heterocycles. The number of carbonyl (C=O) groups excluding carboxylic acids is 2. The summed E-state index contributed by atoms with van der Waals surface area (Å²) in [7, 11) is -3.59. The molecule has 2 amide bonds. The van der Waals surface area contributed by atoms with Crippen LogP contribution in [-0.2, 0) is 14.8 Å². The van der Waals surface area contributed by atoms with E-state index in [-0.39, 0.29) is 23.3 Å². The lowest BCUT2D eigenvalue weighted by atomic mass is 10.1. The lowest BCUT2D eigenvalue weighted by Crippen LogP contribution is -2.37. The molecular weight excluding hydrogens is 402 g/mol. The second kappa shape index (κ2) is 8.97. The number of anilines is 1. The van der Waals surface area contributed by atoms with Crippen molar-refractivity contribution in [2.75, 3.05) is 31.5 Å². The van der Waals surface area contributed by atoms with Gasteiger partial charge in [-0.05, 0) is 50.1 Å². The number of amides is 2. The fourth-order valence-electron chi connectivity index (χ4n) is 3.46. The van der Waals surface area contributed by atoms with E-state index in [0.717, 1.165) is 11.1 Å². The summed E-state index contributed by atoms with van der Waals surface area (Å²) in [5.41, 5.74) is 2.94. The zero-order valence-electron chi connectivity index (χ0n) is 17.5. The van der Waals surface area contributed by atoms with Gasteiger partial charge in [0.05, 0.1) is 4.90 Å². The third-order valence-corrected chi connectivity index (χ3v) is 7.11. The Labute approximate surface area is 177 Å². The lowest BCUT2D eigenvalue weighted by molar-refractivity contribution is -0.114. The van der Waals surface area contributed by atoms with E-state index >= 15 is 0 Å². The summed E-state index contributed by atoms with van der Waals surface area (Å²) in [4.78, 5) is 26.3. The average Bonchev–Trinajstić information content (AvgIpc) is 2.96. The second-order valence-corrected chi connectivity index (χ2v) is 9.51. The number of rotatable bonds is 4. The maximum Gasteiger partial charge on any atom is 0.253 e. The highest BCUT2D eigenvalue weighted by Crippen LogP contribution is 2.21. The quantitative estimate of drug-likeness (QED) is 0.810. The molecule has 1 saturated heterocycles. The van der Waals surface area contributed by atoms with Crippen LogP contribution in [0.5, 0.6) is 0 Å². The SMILES string of the molecule is CC(=O)Nc1cc(C(=O)N2CCCN(S(=O)(=O)c3ccc(C)cc3)CC2)ccc1C. The highest BCUT2D eigenvalue weighted by atomic mass is 32.2. The van der Waals surface area contributed by atoms with E-state index in [9.17, 15) is 18.0 Å². The number of carbonyl (C=O) groups is 2. The van der Waals surface area contributed by atoms with E-state index < -0.39 is 10.0 Å². The van der Waals surface area contributed by atoms with Gasteiger partial charge in [-0.25, -0.2) is 8.42 Å². The van der Waals surface area contributed by atoms with Crippen molar-refractivity contribution in [3.8, 4) is 0 Å². The first-order valence-corrected chi connectivity index (χ1v) is 11.4. The number of benzene rings is 2. The minimum Gasteiger partial charge on any atom is -0.337 e. The standard InChI is InChI=1S/C22H27N3O4S/c1-16-5-9-20(10-6-16)30(28,29)25-12-4-11-24(13-14-25)22(27)19-8-7-17(2)21(15-19)23-18(3)26/h5-10,15H,4,11-14H2,1-3H3,(H,23,26). The van der Waals surface area contributed by atoms with Gasteiger partial charge in [0.15, 0.2) is 0 Å². The number of nitrogens with one attached hydrogen (secondary N) is 1. The molecule has 3 rings (SSSR count). The summed E-state index contributed by atoms with van der Waals surface area (Å²) < 4.78 is 27.4. The topological polar surface area (TPSA) is 86.8 Å². The summed E-state index contributed by atoms with van der Waals surface area (Å²) in [5, 5.41) is 2.74. The van der Waals surface area contributed by atoms with Gasteiger partial charge in [0.1, 0.15) is 0 Å². The number of hydrogen-bond acceptors (Lipinski definition) is 4. The van der Waals surface area contributed by atoms with Crippen molar-refractivity contribution in [3.05, 3.63) is 59.2 Å². The van der Waals surface area contributed by atoms with Gasteiger partial charge < -0.3 is 10.2 Å². The van der Waals surface area contributed by atoms with Crippen LogP contribution in [-0.4, -0.2) is 55.6 Å². The summed E-state index contributed by atoms with van der Waals surface area (Å²) in [6.45, 7) is 6.59. The van der Waals surface area contributed by atoms with E-state index in [4.69, 9.17) is 0 Å². The molecule has 0 spiro atoms. The molecule has 1 aliphatic rings. The fraction of sp³-hybridized carbons (Fsp3) is 0.364. The second-order valence-electron chi connectivity index (χ2n) is 7.57. The van der Waals surface area contributed by atoms with Gasteiger partial charge in [-0.2, -0.15) is 4.31 Å². The van der Waals surface area contributed by atoms with Gasteiger partial charge in [0, 0.05) is 44.4 Å². The Morgan fingerprint density at radius 3 is 2.30 bits per heavy atom. The van der Waals surface area contributed by atoms with Crippen LogP contribution in [0, 0.1) is 13.8 Å². The van der Waals surface area contributed by atoms with Crippen LogP contribution < -0.4 is 5.32 Å². The van der Waals surface area contributed by atoms with Crippen molar-refractivity contribution in [1.29, 1.82) is 0 Å². The van der Waals surface area contributed by atoms with Crippen LogP contribution in [0.3, 0.4) is 0 Å². The molecule has 0 unspecified atom stereocenters. The minimum atomic E-state index is -3.59. The number of sulfonamides is 1. The first kappa shape index (κ1) is 22.0. The number of nitrogens with zero attached hydrogens (tertiary/aromatic N) is 2. The molecule has 1 heterocycles. The molecule has 0 atom stereocenters. The molecule has 0 radical (unpaired) electrons. The predicted octanol–water partition coefficient (Wildman–Crippen LogP) is 2.80. The zero-order valence-corrected chi connectivity index (χ0v) is 18.3. The molecule has 8 heteroatoms. The number of hydrogen-bond donors (Lipinski definition) is 1. The summed E-state index contributed by atoms with van der Waals surface area (Å²) in [6, 6.07) is 12.0. The molecule has 0 saturated carbocycles. The van der Waals surface area contributed by atoms with Crippen molar-refractivity contribution in [1.82, 2.24) is 9.21 Å². The van der Waals surface area contributed by atoms with E-state index in [1.807, 2.05) is 13.8 Å². The molecule has 30 heavy (non-hydrogen) atoms. The van der Waals surface area contributed by atoms with Crippen molar-refractivity contribution in [2.24, 2.45) is 0 Å². The Kier molecular flexibility index (Phi) is 6.58. The molecule has 160 valence electrons. The average molecular weight is 430 g/mol. The van der Waals surface area contributed by atoms with E-state index in [0.29, 0.717) is 37.3 Å². The maximum absolute atomic E-state index is 13.0. The fourth-order valence-corrected chi connectivity index (χ4v) is 4.93. The van der Waals surface area contributed by atoms with Crippen LogP contribution in [0.4, 0.5) is 5.69 Å². The van der Waals surface area contributed by atoms with Crippen LogP contribution >= 0.6 is 0 Å². The highest BCUT2D eigenvalue weighted by Gasteiger charge is 2.28. The number of aryl methyl sites for hydroxylation is 2. The Morgan fingerprint density at radius 1 is 0.933 bits per heavy atom. The molecule has 1 N–H and O–H groups in total. The smallest absolute Gasteiger partial charge is 0.253 e. The van der Waals surface area contributed by atoms with Gasteiger partial charge in [0.2, 0.25) is 15.9 Å². The summed E-state index contributed by atoms with van der Waals surface area (Å²) in [6.07, 6.45) is 0.557. The summed E-state index contributed by atoms with van der Waals surface area (Å²) in [5.74, 6) is -0.370. The highest BCUT2D eigenvalue weighted by molar-refractivity contribution is 7.89. The monoisotopic (exact) mass is 429 g/mol. The van der Waals surface area contributed by atoms with E-state index in [1.54, 1.807) is 47.4 Å². The van der Waals surface area contributed by atoms with Crippen LogP contribution in [0.25, 0.3) is 0 Å². The maximum atomic E-state index is 13.0.